The lowest BCUT2D eigenvalue weighted by atomic mass is 9.95. The Kier molecular flexibility index (Phi) is 2.87. The van der Waals surface area contributed by atoms with Gasteiger partial charge in [0, 0.05) is 12.1 Å². The first kappa shape index (κ1) is 10.7. The summed E-state index contributed by atoms with van der Waals surface area (Å²) in [5.41, 5.74) is 6.21. The Morgan fingerprint density at radius 1 is 1.53 bits per heavy atom. The van der Waals surface area contributed by atoms with E-state index in [9.17, 15) is 4.79 Å². The molecule has 1 heterocycles. The van der Waals surface area contributed by atoms with E-state index >= 15 is 0 Å². The highest BCUT2D eigenvalue weighted by Gasteiger charge is 2.50. The monoisotopic (exact) mass is 212 g/mol. The van der Waals surface area contributed by atoms with Crippen LogP contribution in [0.15, 0.2) is 0 Å². The number of carbonyl (C=O) groups excluding carboxylic acids is 1. The summed E-state index contributed by atoms with van der Waals surface area (Å²) >= 11 is 0. The van der Waals surface area contributed by atoms with Crippen molar-refractivity contribution in [1.82, 2.24) is 4.90 Å². The van der Waals surface area contributed by atoms with Crippen molar-refractivity contribution in [1.29, 1.82) is 0 Å². The van der Waals surface area contributed by atoms with E-state index in [1.54, 1.807) is 0 Å². The number of ether oxygens (including phenoxy) is 1. The molecule has 1 amide bonds. The molecule has 2 aliphatic rings. The fourth-order valence-corrected chi connectivity index (χ4v) is 3.33. The van der Waals surface area contributed by atoms with Gasteiger partial charge in [0.2, 0.25) is 0 Å². The maximum atomic E-state index is 11.7. The van der Waals surface area contributed by atoms with Crippen LogP contribution in [0.2, 0.25) is 0 Å². The number of amides is 1. The van der Waals surface area contributed by atoms with Crippen LogP contribution in [0.4, 0.5) is 4.79 Å². The Bertz CT molecular complexity index is 255. The summed E-state index contributed by atoms with van der Waals surface area (Å²) in [5, 5.41) is 0. The molecule has 86 valence electrons. The van der Waals surface area contributed by atoms with E-state index in [1.807, 2.05) is 4.90 Å². The normalized spacial score (nSPS) is 39.3. The highest BCUT2D eigenvalue weighted by atomic mass is 16.5. The number of nitrogens with two attached hydrogens (primary N) is 1. The van der Waals surface area contributed by atoms with Crippen molar-refractivity contribution in [3.63, 3.8) is 0 Å². The minimum absolute atomic E-state index is 0.140. The molecule has 0 aromatic rings. The van der Waals surface area contributed by atoms with Gasteiger partial charge in [-0.1, -0.05) is 13.3 Å². The molecule has 0 spiro atoms. The number of hydrogen-bond acceptors (Lipinski definition) is 3. The Hall–Kier alpha value is -0.770. The zero-order chi connectivity index (χ0) is 11.0. The van der Waals surface area contributed by atoms with Crippen molar-refractivity contribution in [2.24, 2.45) is 11.7 Å². The van der Waals surface area contributed by atoms with Crippen molar-refractivity contribution in [3.05, 3.63) is 0 Å². The molecule has 4 atom stereocenters. The predicted octanol–water partition coefficient (Wildman–Crippen LogP) is 1.34. The fourth-order valence-electron chi connectivity index (χ4n) is 3.33. The molecule has 2 rings (SSSR count). The average molecular weight is 212 g/mol. The molecule has 15 heavy (non-hydrogen) atoms. The highest BCUT2D eigenvalue weighted by molar-refractivity contribution is 5.69. The maximum absolute atomic E-state index is 11.7. The molecule has 1 aliphatic heterocycles. The first-order chi connectivity index (χ1) is 7.20. The standard InChI is InChI=1S/C11H20N2O2/c1-3-8-10(12)7-5-4-6-9(7)13(8)11(14)15-2/h7-10H,3-6,12H2,1-2H3/t7-,8-,9+,10-/m0/s1. The molecule has 4 heteroatoms. The Labute approximate surface area is 90.8 Å². The van der Waals surface area contributed by atoms with Crippen molar-refractivity contribution in [2.45, 2.75) is 50.7 Å². The average Bonchev–Trinajstić information content (AvgIpc) is 2.79. The Morgan fingerprint density at radius 3 is 2.87 bits per heavy atom. The molecule has 0 bridgehead atoms. The van der Waals surface area contributed by atoms with E-state index in [0.717, 1.165) is 19.3 Å². The maximum Gasteiger partial charge on any atom is 0.410 e. The summed E-state index contributed by atoms with van der Waals surface area (Å²) < 4.78 is 4.85. The zero-order valence-electron chi connectivity index (χ0n) is 9.48. The second kappa shape index (κ2) is 4.00. The van der Waals surface area contributed by atoms with Crippen molar-refractivity contribution < 1.29 is 9.53 Å². The first-order valence-electron chi connectivity index (χ1n) is 5.82. The molecular weight excluding hydrogens is 192 g/mol. The smallest absolute Gasteiger partial charge is 0.410 e. The number of carbonyl (C=O) groups is 1. The molecule has 1 saturated heterocycles. The lowest BCUT2D eigenvalue weighted by Gasteiger charge is -2.28. The minimum Gasteiger partial charge on any atom is -0.453 e. The number of rotatable bonds is 1. The Balaban J connectivity index is 2.21. The molecule has 2 N–H and O–H groups in total. The largest absolute Gasteiger partial charge is 0.453 e. The van der Waals surface area contributed by atoms with E-state index in [4.69, 9.17) is 10.5 Å². The van der Waals surface area contributed by atoms with Crippen LogP contribution in [-0.4, -0.2) is 36.2 Å². The van der Waals surface area contributed by atoms with Crippen LogP contribution in [0.1, 0.15) is 32.6 Å². The van der Waals surface area contributed by atoms with E-state index in [0.29, 0.717) is 12.0 Å². The summed E-state index contributed by atoms with van der Waals surface area (Å²) in [7, 11) is 1.45. The van der Waals surface area contributed by atoms with Gasteiger partial charge < -0.3 is 15.4 Å². The van der Waals surface area contributed by atoms with Crippen LogP contribution in [0.25, 0.3) is 0 Å². The summed E-state index contributed by atoms with van der Waals surface area (Å²) in [6.45, 7) is 2.08. The summed E-state index contributed by atoms with van der Waals surface area (Å²) in [6.07, 6.45) is 4.16. The second-order valence-electron chi connectivity index (χ2n) is 4.59. The van der Waals surface area contributed by atoms with Gasteiger partial charge in [0.25, 0.3) is 0 Å². The summed E-state index contributed by atoms with van der Waals surface area (Å²) in [6, 6.07) is 0.645. The Morgan fingerprint density at radius 2 is 2.27 bits per heavy atom. The summed E-state index contributed by atoms with van der Waals surface area (Å²) in [4.78, 5) is 13.6. The topological polar surface area (TPSA) is 55.6 Å². The predicted molar refractivity (Wildman–Crippen MR) is 57.4 cm³/mol. The molecule has 0 aromatic heterocycles. The van der Waals surface area contributed by atoms with Gasteiger partial charge in [-0.25, -0.2) is 4.79 Å². The summed E-state index contributed by atoms with van der Waals surface area (Å²) in [5.74, 6) is 0.494. The van der Waals surface area contributed by atoms with Crippen LogP contribution in [0, 0.1) is 5.92 Å². The van der Waals surface area contributed by atoms with Gasteiger partial charge in [-0.15, -0.1) is 0 Å². The van der Waals surface area contributed by atoms with Gasteiger partial charge in [-0.05, 0) is 25.2 Å². The van der Waals surface area contributed by atoms with Gasteiger partial charge in [0.05, 0.1) is 13.2 Å². The first-order valence-corrected chi connectivity index (χ1v) is 5.82. The lowest BCUT2D eigenvalue weighted by molar-refractivity contribution is 0.0988. The minimum atomic E-state index is -0.202. The third kappa shape index (κ3) is 1.51. The molecule has 0 aromatic carbocycles. The van der Waals surface area contributed by atoms with Crippen LogP contribution < -0.4 is 5.73 Å². The SMILES string of the molecule is CC[C@H]1[C@@H](N)[C@H]2CCC[C@H]2N1C(=O)OC. The number of nitrogens with zero attached hydrogens (tertiary/aromatic N) is 1. The van der Waals surface area contributed by atoms with Crippen LogP contribution >= 0.6 is 0 Å². The van der Waals surface area contributed by atoms with E-state index < -0.39 is 0 Å². The molecule has 0 radical (unpaired) electrons. The zero-order valence-corrected chi connectivity index (χ0v) is 9.48. The van der Waals surface area contributed by atoms with Crippen molar-refractivity contribution in [3.8, 4) is 0 Å². The van der Waals surface area contributed by atoms with Gasteiger partial charge in [-0.3, -0.25) is 0 Å². The van der Waals surface area contributed by atoms with Crippen LogP contribution in [0.3, 0.4) is 0 Å². The van der Waals surface area contributed by atoms with Crippen LogP contribution in [-0.2, 0) is 4.74 Å². The second-order valence-corrected chi connectivity index (χ2v) is 4.59. The van der Waals surface area contributed by atoms with Crippen molar-refractivity contribution >= 4 is 6.09 Å². The third-order valence-corrected chi connectivity index (χ3v) is 3.99. The van der Waals surface area contributed by atoms with E-state index in [1.165, 1.54) is 13.5 Å². The third-order valence-electron chi connectivity index (χ3n) is 3.99. The molecule has 4 nitrogen and oxygen atoms in total. The van der Waals surface area contributed by atoms with E-state index in [2.05, 4.69) is 6.92 Å². The number of methoxy groups -OCH3 is 1. The number of fused-ring (bicyclic) bond motifs is 1. The van der Waals surface area contributed by atoms with Gasteiger partial charge in [-0.2, -0.15) is 0 Å². The van der Waals surface area contributed by atoms with Gasteiger partial charge >= 0.3 is 6.09 Å². The van der Waals surface area contributed by atoms with Gasteiger partial charge in [0.15, 0.2) is 0 Å². The molecule has 1 aliphatic carbocycles. The lowest BCUT2D eigenvalue weighted by Crippen LogP contribution is -2.44. The van der Waals surface area contributed by atoms with Gasteiger partial charge in [0.1, 0.15) is 0 Å². The van der Waals surface area contributed by atoms with E-state index in [-0.39, 0.29) is 18.2 Å². The fraction of sp³-hybridized carbons (Fsp3) is 0.909. The quantitative estimate of drug-likeness (QED) is 0.713. The van der Waals surface area contributed by atoms with Crippen LogP contribution in [0.5, 0.6) is 0 Å². The molecular formula is C11H20N2O2. The number of likely N-dealkylation sites (tertiary alicyclic amines) is 1. The number of hydrogen-bond donors (Lipinski definition) is 1. The highest BCUT2D eigenvalue weighted by Crippen LogP contribution is 2.41. The molecule has 2 fully saturated rings. The van der Waals surface area contributed by atoms with Crippen molar-refractivity contribution in [2.75, 3.05) is 7.11 Å². The molecule has 1 saturated carbocycles. The molecule has 0 unspecified atom stereocenters.